The first kappa shape index (κ1) is 14.4. The van der Waals surface area contributed by atoms with Crippen molar-refractivity contribution in [2.45, 2.75) is 76.7 Å². The summed E-state index contributed by atoms with van der Waals surface area (Å²) in [6.07, 6.45) is 12.2. The molecule has 1 amide bonds. The van der Waals surface area contributed by atoms with Crippen molar-refractivity contribution in [2.24, 2.45) is 11.8 Å². The van der Waals surface area contributed by atoms with Gasteiger partial charge < -0.3 is 5.32 Å². The van der Waals surface area contributed by atoms with E-state index in [1.807, 2.05) is 0 Å². The Morgan fingerprint density at radius 1 is 1.00 bits per heavy atom. The van der Waals surface area contributed by atoms with Crippen molar-refractivity contribution in [1.29, 1.82) is 5.26 Å². The summed E-state index contributed by atoms with van der Waals surface area (Å²) in [5.41, 5.74) is 0. The molecule has 2 rings (SSSR count). The van der Waals surface area contributed by atoms with Gasteiger partial charge in [-0.15, -0.1) is 0 Å². The van der Waals surface area contributed by atoms with Crippen molar-refractivity contribution < 1.29 is 4.79 Å². The Bertz CT molecular complexity index is 320. The lowest BCUT2D eigenvalue weighted by molar-refractivity contribution is -0.123. The first-order chi connectivity index (χ1) is 9.28. The molecule has 0 aromatic heterocycles. The zero-order valence-corrected chi connectivity index (χ0v) is 11.9. The average Bonchev–Trinajstić information content (AvgIpc) is 2.42. The van der Waals surface area contributed by atoms with Gasteiger partial charge >= 0.3 is 0 Å². The Morgan fingerprint density at radius 2 is 1.68 bits per heavy atom. The zero-order chi connectivity index (χ0) is 13.5. The van der Waals surface area contributed by atoms with E-state index in [-0.39, 0.29) is 5.91 Å². The predicted octanol–water partition coefficient (Wildman–Crippen LogP) is 3.55. The maximum Gasteiger partial charge on any atom is 0.220 e. The number of carbonyl (C=O) groups is 1. The summed E-state index contributed by atoms with van der Waals surface area (Å²) >= 11 is 0. The molecule has 0 aliphatic heterocycles. The van der Waals surface area contributed by atoms with E-state index in [9.17, 15) is 4.79 Å². The standard InChI is InChI=1S/C16H26N2O/c17-11-10-13-6-8-15(9-7-13)18-16(19)12-14-4-2-1-3-5-14/h13-15H,1-10,12H2,(H,18,19). The molecule has 0 radical (unpaired) electrons. The molecule has 0 bridgehead atoms. The molecule has 2 saturated carbocycles. The van der Waals surface area contributed by atoms with Crippen LogP contribution in [0.1, 0.15) is 70.6 Å². The van der Waals surface area contributed by atoms with Crippen LogP contribution < -0.4 is 5.32 Å². The van der Waals surface area contributed by atoms with E-state index in [4.69, 9.17) is 5.26 Å². The van der Waals surface area contributed by atoms with E-state index < -0.39 is 0 Å². The Morgan fingerprint density at radius 3 is 2.32 bits per heavy atom. The highest BCUT2D eigenvalue weighted by Crippen LogP contribution is 2.28. The SMILES string of the molecule is N#CCC1CCC(NC(=O)CC2CCCCC2)CC1. The third kappa shape index (κ3) is 4.86. The molecule has 0 aromatic rings. The van der Waals surface area contributed by atoms with Crippen LogP contribution in [0, 0.1) is 23.2 Å². The van der Waals surface area contributed by atoms with Crippen LogP contribution in [0.5, 0.6) is 0 Å². The molecule has 3 nitrogen and oxygen atoms in total. The van der Waals surface area contributed by atoms with Crippen LogP contribution in [-0.4, -0.2) is 11.9 Å². The van der Waals surface area contributed by atoms with Gasteiger partial charge in [-0.1, -0.05) is 19.3 Å². The number of rotatable bonds is 4. The molecule has 0 spiro atoms. The van der Waals surface area contributed by atoms with Gasteiger partial charge in [0.2, 0.25) is 5.91 Å². The van der Waals surface area contributed by atoms with Crippen molar-refractivity contribution in [3.8, 4) is 6.07 Å². The molecule has 106 valence electrons. The minimum Gasteiger partial charge on any atom is -0.353 e. The lowest BCUT2D eigenvalue weighted by Gasteiger charge is -2.29. The summed E-state index contributed by atoms with van der Waals surface area (Å²) in [6, 6.07) is 2.63. The highest BCUT2D eigenvalue weighted by Gasteiger charge is 2.23. The molecular formula is C16H26N2O. The van der Waals surface area contributed by atoms with Gasteiger partial charge in [0.25, 0.3) is 0 Å². The van der Waals surface area contributed by atoms with Crippen LogP contribution in [0.15, 0.2) is 0 Å². The Kier molecular flexibility index (Phi) is 5.69. The number of amides is 1. The third-order valence-electron chi connectivity index (χ3n) is 4.79. The Hall–Kier alpha value is -1.04. The third-order valence-corrected chi connectivity index (χ3v) is 4.79. The second kappa shape index (κ2) is 7.53. The largest absolute Gasteiger partial charge is 0.353 e. The van der Waals surface area contributed by atoms with Crippen LogP contribution in [0.4, 0.5) is 0 Å². The Balaban J connectivity index is 1.64. The van der Waals surface area contributed by atoms with Gasteiger partial charge in [0.1, 0.15) is 0 Å². The smallest absolute Gasteiger partial charge is 0.220 e. The molecule has 2 aliphatic carbocycles. The molecular weight excluding hydrogens is 236 g/mol. The number of hydrogen-bond acceptors (Lipinski definition) is 2. The fourth-order valence-corrected chi connectivity index (χ4v) is 3.58. The normalized spacial score (nSPS) is 28.6. The van der Waals surface area contributed by atoms with Crippen LogP contribution >= 0.6 is 0 Å². The molecule has 19 heavy (non-hydrogen) atoms. The fraction of sp³-hybridized carbons (Fsp3) is 0.875. The van der Waals surface area contributed by atoms with E-state index in [0.717, 1.165) is 32.1 Å². The maximum atomic E-state index is 12.0. The lowest BCUT2D eigenvalue weighted by Crippen LogP contribution is -2.38. The van der Waals surface area contributed by atoms with Gasteiger partial charge in [0, 0.05) is 18.9 Å². The van der Waals surface area contributed by atoms with Crippen molar-refractivity contribution in [3.05, 3.63) is 0 Å². The van der Waals surface area contributed by atoms with Crippen molar-refractivity contribution in [3.63, 3.8) is 0 Å². The molecule has 0 atom stereocenters. The molecule has 2 fully saturated rings. The lowest BCUT2D eigenvalue weighted by atomic mass is 9.84. The van der Waals surface area contributed by atoms with E-state index >= 15 is 0 Å². The van der Waals surface area contributed by atoms with Gasteiger partial charge in [0.05, 0.1) is 6.07 Å². The van der Waals surface area contributed by atoms with Crippen LogP contribution in [0.2, 0.25) is 0 Å². The summed E-state index contributed by atoms with van der Waals surface area (Å²) in [6.45, 7) is 0. The minimum atomic E-state index is 0.260. The summed E-state index contributed by atoms with van der Waals surface area (Å²) < 4.78 is 0. The average molecular weight is 262 g/mol. The molecule has 0 aromatic carbocycles. The van der Waals surface area contributed by atoms with Gasteiger partial charge in [-0.25, -0.2) is 0 Å². The summed E-state index contributed by atoms with van der Waals surface area (Å²) in [7, 11) is 0. The maximum absolute atomic E-state index is 12.0. The van der Waals surface area contributed by atoms with Crippen molar-refractivity contribution in [2.75, 3.05) is 0 Å². The summed E-state index contributed by atoms with van der Waals surface area (Å²) in [5, 5.41) is 11.9. The minimum absolute atomic E-state index is 0.260. The molecule has 2 aliphatic rings. The quantitative estimate of drug-likeness (QED) is 0.842. The first-order valence-corrected chi connectivity index (χ1v) is 7.94. The monoisotopic (exact) mass is 262 g/mol. The summed E-state index contributed by atoms with van der Waals surface area (Å²) in [4.78, 5) is 12.0. The number of carbonyl (C=O) groups excluding carboxylic acids is 1. The van der Waals surface area contributed by atoms with Crippen molar-refractivity contribution >= 4 is 5.91 Å². The summed E-state index contributed by atoms with van der Waals surface area (Å²) in [5.74, 6) is 1.45. The molecule has 0 unspecified atom stereocenters. The molecule has 3 heteroatoms. The number of nitrogens with one attached hydrogen (secondary N) is 1. The first-order valence-electron chi connectivity index (χ1n) is 7.94. The second-order valence-electron chi connectivity index (χ2n) is 6.36. The highest BCUT2D eigenvalue weighted by molar-refractivity contribution is 5.76. The topological polar surface area (TPSA) is 52.9 Å². The molecule has 1 N–H and O–H groups in total. The van der Waals surface area contributed by atoms with Gasteiger partial charge in [-0.3, -0.25) is 4.79 Å². The molecule has 0 saturated heterocycles. The number of nitriles is 1. The Labute approximate surface area is 116 Å². The van der Waals surface area contributed by atoms with Gasteiger partial charge in [-0.05, 0) is 50.4 Å². The molecule has 0 heterocycles. The number of nitrogens with zero attached hydrogens (tertiary/aromatic N) is 1. The van der Waals surface area contributed by atoms with Crippen LogP contribution in [0.25, 0.3) is 0 Å². The van der Waals surface area contributed by atoms with Crippen molar-refractivity contribution in [1.82, 2.24) is 5.32 Å². The van der Waals surface area contributed by atoms with Gasteiger partial charge in [0.15, 0.2) is 0 Å². The fourth-order valence-electron chi connectivity index (χ4n) is 3.58. The van der Waals surface area contributed by atoms with E-state index in [2.05, 4.69) is 11.4 Å². The number of hydrogen-bond donors (Lipinski definition) is 1. The second-order valence-corrected chi connectivity index (χ2v) is 6.36. The van der Waals surface area contributed by atoms with Crippen LogP contribution in [0.3, 0.4) is 0 Å². The predicted molar refractivity (Wildman–Crippen MR) is 75.3 cm³/mol. The van der Waals surface area contributed by atoms with Gasteiger partial charge in [-0.2, -0.15) is 5.26 Å². The van der Waals surface area contributed by atoms with E-state index in [0.29, 0.717) is 24.3 Å². The van der Waals surface area contributed by atoms with Crippen LogP contribution in [-0.2, 0) is 4.79 Å². The van der Waals surface area contributed by atoms with E-state index in [1.165, 1.54) is 32.1 Å². The zero-order valence-electron chi connectivity index (χ0n) is 11.9. The van der Waals surface area contributed by atoms with E-state index in [1.54, 1.807) is 0 Å². The highest BCUT2D eigenvalue weighted by atomic mass is 16.1.